The van der Waals surface area contributed by atoms with Gasteiger partial charge < -0.3 is 31.9 Å². The number of urea groups is 1. The van der Waals surface area contributed by atoms with Crippen molar-refractivity contribution in [3.8, 4) is 0 Å². The van der Waals surface area contributed by atoms with Crippen molar-refractivity contribution in [2.24, 2.45) is 11.7 Å². The molecule has 15 heteroatoms. The van der Waals surface area contributed by atoms with Crippen LogP contribution >= 0.6 is 0 Å². The van der Waals surface area contributed by atoms with Gasteiger partial charge in [-0.1, -0.05) is 13.8 Å². The van der Waals surface area contributed by atoms with Gasteiger partial charge in [0.05, 0.1) is 6.42 Å². The summed E-state index contributed by atoms with van der Waals surface area (Å²) in [5.41, 5.74) is 5.17. The second-order valence-corrected chi connectivity index (χ2v) is 7.70. The Labute approximate surface area is 189 Å². The van der Waals surface area contributed by atoms with Crippen LogP contribution in [0.3, 0.4) is 0 Å². The molecule has 0 aromatic heterocycles. The summed E-state index contributed by atoms with van der Waals surface area (Å²) in [6.07, 6.45) is -0.506. The van der Waals surface area contributed by atoms with Crippen LogP contribution in [0.4, 0.5) is 4.79 Å². The van der Waals surface area contributed by atoms with Crippen LogP contribution in [0.1, 0.15) is 40.0 Å². The van der Waals surface area contributed by atoms with E-state index in [2.05, 4.69) is 16.0 Å². The third kappa shape index (κ3) is 7.33. The first-order valence-electron chi connectivity index (χ1n) is 10.0. The number of hydrogen-bond donors (Lipinski definition) is 7. The standard InChI is InChI=1S/C18H29N7O8/c1-8(2)13(16(31)32)24(15(30)11(7-12(27)28)22-9(3)26)25-14(29)10(23-18(25)33)5-4-6-21-17(19)20/h8,10-11,13H,4-7H2,1-3H3,(H,22,26)(H,23,33)(H,27,28)(H,31,32)(H4,19,20,21)/t10-,11+,13+/m1/s1. The van der Waals surface area contributed by atoms with Crippen molar-refractivity contribution >= 4 is 41.7 Å². The zero-order valence-electron chi connectivity index (χ0n) is 18.5. The molecule has 184 valence electrons. The molecule has 0 radical (unpaired) electrons. The summed E-state index contributed by atoms with van der Waals surface area (Å²) in [5, 5.41) is 33.7. The molecule has 5 amide bonds. The van der Waals surface area contributed by atoms with Crippen LogP contribution in [-0.4, -0.2) is 86.6 Å². The molecule has 0 aliphatic carbocycles. The monoisotopic (exact) mass is 471 g/mol. The molecule has 0 spiro atoms. The largest absolute Gasteiger partial charge is 0.481 e. The van der Waals surface area contributed by atoms with Gasteiger partial charge in [-0.25, -0.2) is 14.6 Å². The molecule has 0 unspecified atom stereocenters. The average molecular weight is 471 g/mol. The number of rotatable bonds is 12. The minimum absolute atomic E-state index is 0.0903. The van der Waals surface area contributed by atoms with Gasteiger partial charge in [-0.3, -0.25) is 24.6 Å². The van der Waals surface area contributed by atoms with Crippen LogP contribution in [0, 0.1) is 11.3 Å². The van der Waals surface area contributed by atoms with Gasteiger partial charge in [0.2, 0.25) is 5.91 Å². The van der Waals surface area contributed by atoms with E-state index < -0.39 is 66.2 Å². The van der Waals surface area contributed by atoms with Gasteiger partial charge in [-0.2, -0.15) is 5.01 Å². The lowest BCUT2D eigenvalue weighted by Crippen LogP contribution is -2.63. The Balaban J connectivity index is 3.31. The molecule has 1 fully saturated rings. The summed E-state index contributed by atoms with van der Waals surface area (Å²) < 4.78 is 0. The number of nitrogens with two attached hydrogens (primary N) is 1. The van der Waals surface area contributed by atoms with Crippen molar-refractivity contribution in [2.75, 3.05) is 6.54 Å². The van der Waals surface area contributed by atoms with Gasteiger partial charge in [0, 0.05) is 13.5 Å². The summed E-state index contributed by atoms with van der Waals surface area (Å²) in [7, 11) is 0. The van der Waals surface area contributed by atoms with Gasteiger partial charge in [0.25, 0.3) is 11.8 Å². The molecule has 1 heterocycles. The van der Waals surface area contributed by atoms with Crippen molar-refractivity contribution in [3.05, 3.63) is 0 Å². The second-order valence-electron chi connectivity index (χ2n) is 7.70. The van der Waals surface area contributed by atoms with E-state index in [1.54, 1.807) is 0 Å². The number of guanidine groups is 1. The van der Waals surface area contributed by atoms with Crippen LogP contribution in [0.5, 0.6) is 0 Å². The Bertz CT molecular complexity index is 815. The molecule has 1 aliphatic heterocycles. The number of hydrogen-bond acceptors (Lipinski definition) is 7. The second kappa shape index (κ2) is 11.6. The molecule has 1 aliphatic rings. The molecule has 1 rings (SSSR count). The minimum atomic E-state index is -1.72. The Morgan fingerprint density at radius 3 is 2.30 bits per heavy atom. The lowest BCUT2D eigenvalue weighted by atomic mass is 10.0. The van der Waals surface area contributed by atoms with E-state index >= 15 is 0 Å². The van der Waals surface area contributed by atoms with Crippen LogP contribution in [-0.2, 0) is 24.0 Å². The van der Waals surface area contributed by atoms with Crippen molar-refractivity contribution in [1.29, 1.82) is 5.41 Å². The number of carbonyl (C=O) groups is 6. The number of nitrogens with one attached hydrogen (secondary N) is 4. The number of amides is 5. The molecule has 15 nitrogen and oxygen atoms in total. The predicted octanol–water partition coefficient (Wildman–Crippen LogP) is -2.00. The van der Waals surface area contributed by atoms with E-state index in [1.807, 2.05) is 0 Å². The van der Waals surface area contributed by atoms with Gasteiger partial charge in [0.15, 0.2) is 12.0 Å². The lowest BCUT2D eigenvalue weighted by Gasteiger charge is -2.37. The third-order valence-electron chi connectivity index (χ3n) is 4.63. The first kappa shape index (κ1) is 27.1. The number of aliphatic carboxylic acids is 2. The Hall–Kier alpha value is -3.91. The Morgan fingerprint density at radius 1 is 1.24 bits per heavy atom. The zero-order chi connectivity index (χ0) is 25.5. The molecule has 0 aromatic carbocycles. The highest BCUT2D eigenvalue weighted by atomic mass is 16.4. The van der Waals surface area contributed by atoms with Crippen molar-refractivity contribution < 1.29 is 39.0 Å². The lowest BCUT2D eigenvalue weighted by molar-refractivity contribution is -0.172. The van der Waals surface area contributed by atoms with Crippen LogP contribution in [0.15, 0.2) is 0 Å². The fraction of sp³-hybridized carbons (Fsp3) is 0.611. The average Bonchev–Trinajstić information content (AvgIpc) is 2.94. The number of nitrogens with zero attached hydrogens (tertiary/aromatic N) is 2. The fourth-order valence-corrected chi connectivity index (χ4v) is 3.26. The highest BCUT2D eigenvalue weighted by Gasteiger charge is 2.49. The molecule has 1 saturated heterocycles. The summed E-state index contributed by atoms with van der Waals surface area (Å²) in [4.78, 5) is 73.6. The van der Waals surface area contributed by atoms with Crippen molar-refractivity contribution in [3.63, 3.8) is 0 Å². The van der Waals surface area contributed by atoms with E-state index in [9.17, 15) is 33.9 Å². The Morgan fingerprint density at radius 2 is 1.85 bits per heavy atom. The first-order chi connectivity index (χ1) is 15.3. The highest BCUT2D eigenvalue weighted by molar-refractivity contribution is 6.06. The molecular formula is C18H29N7O8. The molecule has 33 heavy (non-hydrogen) atoms. The summed E-state index contributed by atoms with van der Waals surface area (Å²) in [6, 6.07) is -5.60. The molecule has 3 atom stereocenters. The zero-order valence-corrected chi connectivity index (χ0v) is 18.5. The van der Waals surface area contributed by atoms with Gasteiger partial charge in [-0.05, 0) is 18.8 Å². The fourth-order valence-electron chi connectivity index (χ4n) is 3.26. The van der Waals surface area contributed by atoms with Crippen molar-refractivity contribution in [1.82, 2.24) is 26.0 Å². The highest BCUT2D eigenvalue weighted by Crippen LogP contribution is 2.22. The van der Waals surface area contributed by atoms with Crippen LogP contribution in [0.2, 0.25) is 0 Å². The molecule has 0 bridgehead atoms. The smallest absolute Gasteiger partial charge is 0.344 e. The summed E-state index contributed by atoms with van der Waals surface area (Å²) >= 11 is 0. The van der Waals surface area contributed by atoms with E-state index in [4.69, 9.17) is 16.2 Å². The van der Waals surface area contributed by atoms with E-state index in [-0.39, 0.29) is 18.9 Å². The van der Waals surface area contributed by atoms with E-state index in [1.165, 1.54) is 13.8 Å². The SMILES string of the molecule is CC(=O)N[C@@H](CC(=O)O)C(=O)N([C@H](C(=O)O)C(C)C)N1C(=O)N[C@H](CCCNC(=N)N)C1=O. The summed E-state index contributed by atoms with van der Waals surface area (Å²) in [6.45, 7) is 4.13. The van der Waals surface area contributed by atoms with Crippen LogP contribution in [0.25, 0.3) is 0 Å². The quantitative estimate of drug-likeness (QED) is 0.0715. The van der Waals surface area contributed by atoms with E-state index in [0.29, 0.717) is 16.4 Å². The molecular weight excluding hydrogens is 442 g/mol. The topological polar surface area (TPSA) is 235 Å². The molecule has 0 saturated carbocycles. The van der Waals surface area contributed by atoms with Crippen LogP contribution < -0.4 is 21.7 Å². The number of carboxylic acids is 2. The maximum absolute atomic E-state index is 13.2. The maximum atomic E-state index is 13.2. The first-order valence-corrected chi connectivity index (χ1v) is 10.0. The number of carbonyl (C=O) groups excluding carboxylic acids is 4. The molecule has 0 aromatic rings. The number of imide groups is 1. The minimum Gasteiger partial charge on any atom is -0.481 e. The normalized spacial score (nSPS) is 17.2. The Kier molecular flexibility index (Phi) is 9.56. The number of carboxylic acid groups (broad SMARTS) is 2. The van der Waals surface area contributed by atoms with Gasteiger partial charge in [0.1, 0.15) is 12.1 Å². The van der Waals surface area contributed by atoms with Crippen molar-refractivity contribution in [2.45, 2.75) is 58.2 Å². The predicted molar refractivity (Wildman–Crippen MR) is 111 cm³/mol. The van der Waals surface area contributed by atoms with E-state index in [0.717, 1.165) is 6.92 Å². The maximum Gasteiger partial charge on any atom is 0.344 e. The number of hydrazine groups is 1. The summed E-state index contributed by atoms with van der Waals surface area (Å²) in [5.74, 6) is -7.00. The third-order valence-corrected chi connectivity index (χ3v) is 4.63. The van der Waals surface area contributed by atoms with Gasteiger partial charge >= 0.3 is 18.0 Å². The molecule has 8 N–H and O–H groups in total. The van der Waals surface area contributed by atoms with Gasteiger partial charge in [-0.15, -0.1) is 0 Å².